The molecule has 0 aromatic rings. The van der Waals surface area contributed by atoms with Crippen LogP contribution in [0.2, 0.25) is 0 Å². The van der Waals surface area contributed by atoms with Gasteiger partial charge in [0, 0.05) is 6.04 Å². The molecule has 2 atom stereocenters. The van der Waals surface area contributed by atoms with Gasteiger partial charge in [0.2, 0.25) is 0 Å². The Morgan fingerprint density at radius 1 is 1.18 bits per heavy atom. The van der Waals surface area contributed by atoms with E-state index in [2.05, 4.69) is 37.8 Å². The minimum absolute atomic E-state index is 0.794. The highest BCUT2D eigenvalue weighted by Crippen LogP contribution is 2.28. The molecule has 0 saturated heterocycles. The lowest BCUT2D eigenvalue weighted by Crippen LogP contribution is -2.36. The van der Waals surface area contributed by atoms with E-state index in [9.17, 15) is 0 Å². The number of thioether (sulfide) groups is 1. The second-order valence-electron chi connectivity index (χ2n) is 5.67. The van der Waals surface area contributed by atoms with E-state index in [1.54, 1.807) is 0 Å². The highest BCUT2D eigenvalue weighted by Gasteiger charge is 2.22. The Labute approximate surface area is 113 Å². The van der Waals surface area contributed by atoms with Gasteiger partial charge in [0.25, 0.3) is 0 Å². The van der Waals surface area contributed by atoms with E-state index in [1.807, 2.05) is 0 Å². The zero-order chi connectivity index (χ0) is 12.5. The first-order valence-electron chi connectivity index (χ1n) is 7.59. The van der Waals surface area contributed by atoms with E-state index in [-0.39, 0.29) is 0 Å². The Morgan fingerprint density at radius 3 is 2.65 bits per heavy atom. The highest BCUT2D eigenvalue weighted by molar-refractivity contribution is 7.99. The van der Waals surface area contributed by atoms with Gasteiger partial charge in [-0.15, -0.1) is 0 Å². The van der Waals surface area contributed by atoms with E-state index < -0.39 is 0 Å². The van der Waals surface area contributed by atoms with Gasteiger partial charge in [-0.1, -0.05) is 40.0 Å². The van der Waals surface area contributed by atoms with Crippen LogP contribution in [0.1, 0.15) is 65.7 Å². The molecule has 0 radical (unpaired) electrons. The summed E-state index contributed by atoms with van der Waals surface area (Å²) in [5, 5.41) is 4.58. The number of rotatable bonds is 7. The lowest BCUT2D eigenvalue weighted by molar-refractivity contribution is 0.328. The molecule has 102 valence electrons. The Bertz CT molecular complexity index is 182. The molecule has 0 amide bonds. The number of hydrogen-bond donors (Lipinski definition) is 1. The standard InChI is InChI=1S/C15H31NS/c1-4-11-16-15-9-7-5-6-8-14(15)10-12-17-13(2)3/h13-16H,4-12H2,1-3H3. The fourth-order valence-electron chi connectivity index (χ4n) is 2.78. The molecule has 1 aliphatic rings. The van der Waals surface area contributed by atoms with Crippen LogP contribution >= 0.6 is 11.8 Å². The van der Waals surface area contributed by atoms with Crippen molar-refractivity contribution in [2.24, 2.45) is 5.92 Å². The first kappa shape index (κ1) is 15.4. The third-order valence-electron chi connectivity index (χ3n) is 3.76. The minimum atomic E-state index is 0.794. The van der Waals surface area contributed by atoms with Crippen LogP contribution in [-0.2, 0) is 0 Å². The summed E-state index contributed by atoms with van der Waals surface area (Å²) in [5.41, 5.74) is 0. The zero-order valence-electron chi connectivity index (χ0n) is 12.0. The van der Waals surface area contributed by atoms with Crippen molar-refractivity contribution in [2.75, 3.05) is 12.3 Å². The maximum absolute atomic E-state index is 3.79. The van der Waals surface area contributed by atoms with Crippen LogP contribution in [0.4, 0.5) is 0 Å². The molecule has 1 N–H and O–H groups in total. The largest absolute Gasteiger partial charge is 0.314 e. The Morgan fingerprint density at radius 2 is 1.94 bits per heavy atom. The molecule has 1 rings (SSSR count). The van der Waals surface area contributed by atoms with Gasteiger partial charge in [0.1, 0.15) is 0 Å². The third-order valence-corrected chi connectivity index (χ3v) is 4.89. The molecule has 17 heavy (non-hydrogen) atoms. The average Bonchev–Trinajstić information content (AvgIpc) is 2.51. The maximum Gasteiger partial charge on any atom is 0.00956 e. The molecule has 2 heteroatoms. The lowest BCUT2D eigenvalue weighted by Gasteiger charge is -2.26. The van der Waals surface area contributed by atoms with Gasteiger partial charge in [-0.25, -0.2) is 0 Å². The van der Waals surface area contributed by atoms with Crippen molar-refractivity contribution in [3.8, 4) is 0 Å². The molecule has 1 nitrogen and oxygen atoms in total. The Balaban J connectivity index is 2.32. The Hall–Kier alpha value is 0.310. The van der Waals surface area contributed by atoms with Crippen LogP contribution in [0.15, 0.2) is 0 Å². The van der Waals surface area contributed by atoms with Crippen LogP contribution in [-0.4, -0.2) is 23.6 Å². The van der Waals surface area contributed by atoms with Gasteiger partial charge in [-0.3, -0.25) is 0 Å². The van der Waals surface area contributed by atoms with Crippen LogP contribution < -0.4 is 5.32 Å². The fourth-order valence-corrected chi connectivity index (χ4v) is 3.69. The quantitative estimate of drug-likeness (QED) is 0.676. The third kappa shape index (κ3) is 6.71. The molecule has 0 aromatic carbocycles. The van der Waals surface area contributed by atoms with Crippen molar-refractivity contribution in [1.82, 2.24) is 5.32 Å². The average molecular weight is 257 g/mol. The molecular weight excluding hydrogens is 226 g/mol. The summed E-state index contributed by atoms with van der Waals surface area (Å²) in [6.07, 6.45) is 9.92. The molecule has 1 saturated carbocycles. The molecule has 0 aliphatic heterocycles. The van der Waals surface area contributed by atoms with Crippen LogP contribution in [0.3, 0.4) is 0 Å². The molecule has 1 aliphatic carbocycles. The van der Waals surface area contributed by atoms with Crippen molar-refractivity contribution >= 4 is 11.8 Å². The maximum atomic E-state index is 3.79. The van der Waals surface area contributed by atoms with E-state index in [0.717, 1.165) is 17.2 Å². The first-order valence-corrected chi connectivity index (χ1v) is 8.64. The monoisotopic (exact) mass is 257 g/mol. The number of nitrogens with one attached hydrogen (secondary N) is 1. The summed E-state index contributed by atoms with van der Waals surface area (Å²) in [7, 11) is 0. The fraction of sp³-hybridized carbons (Fsp3) is 1.00. The smallest absolute Gasteiger partial charge is 0.00956 e. The molecule has 0 heterocycles. The topological polar surface area (TPSA) is 12.0 Å². The summed E-state index contributed by atoms with van der Waals surface area (Å²) in [5.74, 6) is 2.29. The second-order valence-corrected chi connectivity index (χ2v) is 7.35. The van der Waals surface area contributed by atoms with Crippen molar-refractivity contribution in [3.63, 3.8) is 0 Å². The second kappa shape index (κ2) is 9.27. The summed E-state index contributed by atoms with van der Waals surface area (Å²) < 4.78 is 0. The number of hydrogen-bond acceptors (Lipinski definition) is 2. The summed E-state index contributed by atoms with van der Waals surface area (Å²) >= 11 is 2.13. The molecular formula is C15H31NS. The van der Waals surface area contributed by atoms with Gasteiger partial charge >= 0.3 is 0 Å². The van der Waals surface area contributed by atoms with Crippen LogP contribution in [0.25, 0.3) is 0 Å². The van der Waals surface area contributed by atoms with Crippen molar-refractivity contribution < 1.29 is 0 Å². The summed E-state index contributed by atoms with van der Waals surface area (Å²) in [4.78, 5) is 0. The summed E-state index contributed by atoms with van der Waals surface area (Å²) in [6.45, 7) is 8.10. The van der Waals surface area contributed by atoms with Gasteiger partial charge < -0.3 is 5.32 Å². The van der Waals surface area contributed by atoms with Crippen molar-refractivity contribution in [2.45, 2.75) is 77.0 Å². The van der Waals surface area contributed by atoms with Crippen molar-refractivity contribution in [1.29, 1.82) is 0 Å². The predicted octanol–water partition coefficient (Wildman–Crippen LogP) is 4.47. The molecule has 0 aromatic heterocycles. The first-order chi connectivity index (χ1) is 8.24. The predicted molar refractivity (Wildman–Crippen MR) is 80.9 cm³/mol. The van der Waals surface area contributed by atoms with Gasteiger partial charge in [0.15, 0.2) is 0 Å². The Kier molecular flexibility index (Phi) is 8.38. The van der Waals surface area contributed by atoms with E-state index in [4.69, 9.17) is 0 Å². The molecule has 0 spiro atoms. The summed E-state index contributed by atoms with van der Waals surface area (Å²) in [6, 6.07) is 0.810. The van der Waals surface area contributed by atoms with Gasteiger partial charge in [0.05, 0.1) is 0 Å². The highest BCUT2D eigenvalue weighted by atomic mass is 32.2. The lowest BCUT2D eigenvalue weighted by atomic mass is 9.92. The molecule has 0 bridgehead atoms. The van der Waals surface area contributed by atoms with E-state index >= 15 is 0 Å². The molecule has 2 unspecified atom stereocenters. The van der Waals surface area contributed by atoms with Gasteiger partial charge in [-0.2, -0.15) is 11.8 Å². The normalized spacial score (nSPS) is 26.1. The van der Waals surface area contributed by atoms with E-state index in [0.29, 0.717) is 0 Å². The zero-order valence-corrected chi connectivity index (χ0v) is 12.8. The van der Waals surface area contributed by atoms with Crippen LogP contribution in [0, 0.1) is 5.92 Å². The van der Waals surface area contributed by atoms with Gasteiger partial charge in [-0.05, 0) is 49.1 Å². The van der Waals surface area contributed by atoms with E-state index in [1.165, 1.54) is 57.2 Å². The van der Waals surface area contributed by atoms with Crippen molar-refractivity contribution in [3.05, 3.63) is 0 Å². The SMILES string of the molecule is CCCNC1CCCCCC1CCSC(C)C. The molecule has 1 fully saturated rings. The van der Waals surface area contributed by atoms with Crippen LogP contribution in [0.5, 0.6) is 0 Å². The minimum Gasteiger partial charge on any atom is -0.314 e.